The largest absolute Gasteiger partial charge is 0.319 e. The molecule has 0 aliphatic rings. The van der Waals surface area contributed by atoms with E-state index in [1.807, 2.05) is 21.0 Å². The minimum absolute atomic E-state index is 0.242. The molecule has 0 saturated carbocycles. The van der Waals surface area contributed by atoms with Crippen molar-refractivity contribution < 1.29 is 0 Å². The molecular weight excluding hydrogens is 222 g/mol. The number of nitrogens with zero attached hydrogens (tertiary/aromatic N) is 2. The van der Waals surface area contributed by atoms with E-state index < -0.39 is 0 Å². The van der Waals surface area contributed by atoms with Crippen LogP contribution < -0.4 is 5.32 Å². The van der Waals surface area contributed by atoms with Gasteiger partial charge >= 0.3 is 0 Å². The van der Waals surface area contributed by atoms with Crippen LogP contribution in [-0.4, -0.2) is 23.4 Å². The van der Waals surface area contributed by atoms with Crippen LogP contribution in [0.25, 0.3) is 0 Å². The zero-order valence-electron chi connectivity index (χ0n) is 10.9. The molecule has 0 amide bonds. The third kappa shape index (κ3) is 2.77. The van der Waals surface area contributed by atoms with Gasteiger partial charge in [-0.2, -0.15) is 5.10 Å². The normalized spacial score (nSPS) is 15.1. The molecule has 1 aromatic rings. The Morgan fingerprint density at radius 1 is 1.50 bits per heavy atom. The van der Waals surface area contributed by atoms with Crippen LogP contribution in [0.3, 0.4) is 0 Å². The van der Waals surface area contributed by atoms with E-state index in [9.17, 15) is 0 Å². The number of rotatable bonds is 5. The summed E-state index contributed by atoms with van der Waals surface area (Å²) in [5.74, 6) is 0. The highest BCUT2D eigenvalue weighted by Gasteiger charge is 2.25. The number of aromatic nitrogens is 2. The van der Waals surface area contributed by atoms with Crippen LogP contribution >= 0.6 is 11.6 Å². The van der Waals surface area contributed by atoms with Crippen molar-refractivity contribution in [2.75, 3.05) is 13.6 Å². The zero-order valence-corrected chi connectivity index (χ0v) is 11.6. The van der Waals surface area contributed by atoms with E-state index in [-0.39, 0.29) is 5.41 Å². The second kappa shape index (κ2) is 5.19. The van der Waals surface area contributed by atoms with Crippen LogP contribution in [0.5, 0.6) is 0 Å². The van der Waals surface area contributed by atoms with Gasteiger partial charge in [0, 0.05) is 19.2 Å². The Labute approximate surface area is 103 Å². The molecule has 0 bridgehead atoms. The van der Waals surface area contributed by atoms with Crippen molar-refractivity contribution in [1.82, 2.24) is 15.1 Å². The number of aryl methyl sites for hydroxylation is 2. The van der Waals surface area contributed by atoms with Crippen molar-refractivity contribution in [3.05, 3.63) is 16.4 Å². The van der Waals surface area contributed by atoms with Gasteiger partial charge in [0.05, 0.1) is 5.69 Å². The van der Waals surface area contributed by atoms with E-state index in [4.69, 9.17) is 11.6 Å². The van der Waals surface area contributed by atoms with Gasteiger partial charge in [-0.3, -0.25) is 4.68 Å². The topological polar surface area (TPSA) is 29.9 Å². The third-order valence-corrected chi connectivity index (χ3v) is 3.80. The SMILES string of the molecule is CCC(C)(CNC)Cc1c(C)nn(C)c1Cl. The summed E-state index contributed by atoms with van der Waals surface area (Å²) in [6.45, 7) is 7.52. The minimum Gasteiger partial charge on any atom is -0.319 e. The summed E-state index contributed by atoms with van der Waals surface area (Å²) < 4.78 is 1.75. The molecule has 1 rings (SSSR count). The lowest BCUT2D eigenvalue weighted by Gasteiger charge is -2.28. The first-order valence-corrected chi connectivity index (χ1v) is 6.14. The molecule has 3 nitrogen and oxygen atoms in total. The molecule has 1 unspecified atom stereocenters. The fourth-order valence-corrected chi connectivity index (χ4v) is 2.28. The molecule has 1 N–H and O–H groups in total. The number of hydrogen-bond acceptors (Lipinski definition) is 2. The Morgan fingerprint density at radius 3 is 2.50 bits per heavy atom. The zero-order chi connectivity index (χ0) is 12.3. The Kier molecular flexibility index (Phi) is 4.39. The molecule has 0 spiro atoms. The lowest BCUT2D eigenvalue weighted by molar-refractivity contribution is 0.298. The first-order valence-electron chi connectivity index (χ1n) is 5.76. The average molecular weight is 244 g/mol. The smallest absolute Gasteiger partial charge is 0.130 e. The lowest BCUT2D eigenvalue weighted by Crippen LogP contribution is -2.31. The van der Waals surface area contributed by atoms with Crippen molar-refractivity contribution in [2.45, 2.75) is 33.6 Å². The van der Waals surface area contributed by atoms with Crippen LogP contribution in [-0.2, 0) is 13.5 Å². The molecule has 4 heteroatoms. The summed E-state index contributed by atoms with van der Waals surface area (Å²) in [6, 6.07) is 0. The van der Waals surface area contributed by atoms with Gasteiger partial charge in [-0.1, -0.05) is 25.4 Å². The number of halogens is 1. The molecule has 92 valence electrons. The Hall–Kier alpha value is -0.540. The Bertz CT molecular complexity index is 359. The highest BCUT2D eigenvalue weighted by molar-refractivity contribution is 6.30. The van der Waals surface area contributed by atoms with Crippen LogP contribution in [0.4, 0.5) is 0 Å². The first-order chi connectivity index (χ1) is 7.43. The maximum Gasteiger partial charge on any atom is 0.130 e. The van der Waals surface area contributed by atoms with Crippen molar-refractivity contribution >= 4 is 11.6 Å². The number of nitrogens with one attached hydrogen (secondary N) is 1. The van der Waals surface area contributed by atoms with Crippen molar-refractivity contribution in [3.8, 4) is 0 Å². The lowest BCUT2D eigenvalue weighted by atomic mass is 9.81. The van der Waals surface area contributed by atoms with Gasteiger partial charge in [0.2, 0.25) is 0 Å². The second-order valence-electron chi connectivity index (χ2n) is 4.85. The van der Waals surface area contributed by atoms with E-state index in [2.05, 4.69) is 24.3 Å². The quantitative estimate of drug-likeness (QED) is 0.862. The van der Waals surface area contributed by atoms with E-state index in [1.54, 1.807) is 4.68 Å². The molecule has 0 aliphatic heterocycles. The Balaban J connectivity index is 2.93. The van der Waals surface area contributed by atoms with Gasteiger partial charge in [-0.25, -0.2) is 0 Å². The molecule has 0 radical (unpaired) electrons. The van der Waals surface area contributed by atoms with Crippen LogP contribution in [0.2, 0.25) is 5.15 Å². The number of hydrogen-bond donors (Lipinski definition) is 1. The van der Waals surface area contributed by atoms with Crippen LogP contribution in [0, 0.1) is 12.3 Å². The van der Waals surface area contributed by atoms with Crippen molar-refractivity contribution in [2.24, 2.45) is 12.5 Å². The molecule has 0 fully saturated rings. The summed E-state index contributed by atoms with van der Waals surface area (Å²) >= 11 is 6.26. The molecular formula is C12H22ClN3. The van der Waals surface area contributed by atoms with Crippen LogP contribution in [0.1, 0.15) is 31.5 Å². The van der Waals surface area contributed by atoms with E-state index >= 15 is 0 Å². The predicted octanol–water partition coefficient (Wildman–Crippen LogP) is 2.56. The highest BCUT2D eigenvalue weighted by Crippen LogP contribution is 2.30. The summed E-state index contributed by atoms with van der Waals surface area (Å²) in [6.07, 6.45) is 2.10. The van der Waals surface area contributed by atoms with Gasteiger partial charge in [-0.15, -0.1) is 0 Å². The van der Waals surface area contributed by atoms with Crippen molar-refractivity contribution in [1.29, 1.82) is 0 Å². The molecule has 1 atom stereocenters. The van der Waals surface area contributed by atoms with Crippen molar-refractivity contribution in [3.63, 3.8) is 0 Å². The monoisotopic (exact) mass is 243 g/mol. The van der Waals surface area contributed by atoms with E-state index in [1.165, 1.54) is 5.56 Å². The molecule has 1 heterocycles. The first kappa shape index (κ1) is 13.5. The average Bonchev–Trinajstić information content (AvgIpc) is 2.46. The summed E-state index contributed by atoms with van der Waals surface area (Å²) in [5.41, 5.74) is 2.47. The standard InChI is InChI=1S/C12H22ClN3/c1-6-12(3,8-14-4)7-10-9(2)15-16(5)11(10)13/h14H,6-8H2,1-5H3. The summed E-state index contributed by atoms with van der Waals surface area (Å²) in [7, 11) is 3.88. The van der Waals surface area contributed by atoms with Gasteiger partial charge in [0.25, 0.3) is 0 Å². The fraction of sp³-hybridized carbons (Fsp3) is 0.750. The maximum atomic E-state index is 6.26. The predicted molar refractivity (Wildman–Crippen MR) is 69.0 cm³/mol. The van der Waals surface area contributed by atoms with Gasteiger partial charge < -0.3 is 5.32 Å². The Morgan fingerprint density at radius 2 is 2.12 bits per heavy atom. The van der Waals surface area contributed by atoms with Gasteiger partial charge in [0.1, 0.15) is 5.15 Å². The minimum atomic E-state index is 0.242. The third-order valence-electron chi connectivity index (χ3n) is 3.33. The summed E-state index contributed by atoms with van der Waals surface area (Å²) in [5, 5.41) is 8.38. The summed E-state index contributed by atoms with van der Waals surface area (Å²) in [4.78, 5) is 0. The van der Waals surface area contributed by atoms with E-state index in [0.717, 1.165) is 30.2 Å². The molecule has 0 aromatic carbocycles. The van der Waals surface area contributed by atoms with E-state index in [0.29, 0.717) is 0 Å². The second-order valence-corrected chi connectivity index (χ2v) is 5.21. The molecule has 16 heavy (non-hydrogen) atoms. The molecule has 1 aromatic heterocycles. The fourth-order valence-electron chi connectivity index (χ4n) is 2.04. The van der Waals surface area contributed by atoms with Gasteiger partial charge in [0.15, 0.2) is 0 Å². The highest BCUT2D eigenvalue weighted by atomic mass is 35.5. The molecule has 0 aliphatic carbocycles. The maximum absolute atomic E-state index is 6.26. The molecule has 0 saturated heterocycles. The van der Waals surface area contributed by atoms with Crippen LogP contribution in [0.15, 0.2) is 0 Å². The van der Waals surface area contributed by atoms with Gasteiger partial charge in [-0.05, 0) is 32.2 Å².